The summed E-state index contributed by atoms with van der Waals surface area (Å²) in [4.78, 5) is 8.95. The van der Waals surface area contributed by atoms with Crippen molar-refractivity contribution in [2.75, 3.05) is 0 Å². The monoisotopic (exact) mass is 444 g/mol. The second kappa shape index (κ2) is 8.49. The number of benzene rings is 3. The fourth-order valence-corrected chi connectivity index (χ4v) is 4.40. The van der Waals surface area contributed by atoms with Crippen LogP contribution in [0.4, 0.5) is 5.69 Å². The predicted molar refractivity (Wildman–Crippen MR) is 137 cm³/mol. The normalized spacial score (nSPS) is 11.0. The molecule has 5 rings (SSSR count). The molecule has 0 unspecified atom stereocenters. The Kier molecular flexibility index (Phi) is 5.35. The number of pyridine rings is 1. The van der Waals surface area contributed by atoms with Crippen LogP contribution in [-0.2, 0) is 6.42 Å². The summed E-state index contributed by atoms with van der Waals surface area (Å²) in [6.45, 7) is 14.2. The van der Waals surface area contributed by atoms with E-state index in [0.717, 1.165) is 34.3 Å². The lowest BCUT2D eigenvalue weighted by Gasteiger charge is -2.14. The highest BCUT2D eigenvalue weighted by Crippen LogP contribution is 2.46. The van der Waals surface area contributed by atoms with Gasteiger partial charge in [-0.3, -0.25) is 0 Å². The highest BCUT2D eigenvalue weighted by molar-refractivity contribution is 6.07. The number of aromatic hydroxyl groups is 1. The Morgan fingerprint density at radius 1 is 0.971 bits per heavy atom. The van der Waals surface area contributed by atoms with Gasteiger partial charge < -0.3 is 5.11 Å². The molecule has 5 nitrogen and oxygen atoms in total. The van der Waals surface area contributed by atoms with Gasteiger partial charge in [-0.15, -0.1) is 0 Å². The molecule has 0 aliphatic heterocycles. The molecule has 0 saturated carbocycles. The summed E-state index contributed by atoms with van der Waals surface area (Å²) < 4.78 is 1.83. The minimum absolute atomic E-state index is 0.120. The first-order chi connectivity index (χ1) is 16.5. The molecule has 34 heavy (non-hydrogen) atoms. The summed E-state index contributed by atoms with van der Waals surface area (Å²) in [7, 11) is 0. The zero-order valence-corrected chi connectivity index (χ0v) is 19.4. The van der Waals surface area contributed by atoms with E-state index in [-0.39, 0.29) is 5.75 Å². The zero-order valence-electron chi connectivity index (χ0n) is 19.4. The first-order valence-electron chi connectivity index (χ1n) is 11.3. The van der Waals surface area contributed by atoms with Gasteiger partial charge in [0.25, 0.3) is 0 Å². The number of fused-ring (bicyclic) bond motifs is 1. The van der Waals surface area contributed by atoms with Crippen molar-refractivity contribution in [3.63, 3.8) is 0 Å². The molecular formula is C29H24N4O. The largest absolute Gasteiger partial charge is 0.507 e. The molecular weight excluding hydrogens is 420 g/mol. The van der Waals surface area contributed by atoms with E-state index in [1.807, 2.05) is 61.0 Å². The number of phenolic OH excluding ortho intramolecular Hbond substituents is 1. The Hall–Kier alpha value is -4.43. The highest BCUT2D eigenvalue weighted by atomic mass is 16.3. The third-order valence-electron chi connectivity index (χ3n) is 6.13. The average Bonchev–Trinajstić information content (AvgIpc) is 3.19. The molecule has 1 N–H and O–H groups in total. The highest BCUT2D eigenvalue weighted by Gasteiger charge is 2.25. The van der Waals surface area contributed by atoms with Gasteiger partial charge in [0.1, 0.15) is 5.75 Å². The molecule has 3 aromatic carbocycles. The van der Waals surface area contributed by atoms with E-state index in [0.29, 0.717) is 28.2 Å². The number of para-hydroxylation sites is 1. The lowest BCUT2D eigenvalue weighted by Crippen LogP contribution is -2.00. The van der Waals surface area contributed by atoms with Crippen LogP contribution in [0.2, 0.25) is 0 Å². The maximum atomic E-state index is 10.8. The SMILES string of the molecule is [C-]#[N+]c1c(-c2ccc(CC)cc2)nc2c(c(C)nn2-c2cccc(C)c2)c1-c1ccccc1O. The van der Waals surface area contributed by atoms with Crippen molar-refractivity contribution in [3.8, 4) is 33.8 Å². The van der Waals surface area contributed by atoms with Gasteiger partial charge in [-0.1, -0.05) is 61.5 Å². The summed E-state index contributed by atoms with van der Waals surface area (Å²) in [5.41, 5.74) is 7.74. The molecule has 2 aromatic heterocycles. The molecule has 0 fully saturated rings. The molecule has 0 atom stereocenters. The molecule has 0 aliphatic rings. The number of aromatic nitrogens is 3. The Balaban J connectivity index is 1.93. The maximum Gasteiger partial charge on any atom is 0.221 e. The van der Waals surface area contributed by atoms with Crippen molar-refractivity contribution in [2.24, 2.45) is 0 Å². The number of nitrogens with zero attached hydrogens (tertiary/aromatic N) is 4. The van der Waals surface area contributed by atoms with Crippen LogP contribution >= 0.6 is 0 Å². The number of phenols is 1. The summed E-state index contributed by atoms with van der Waals surface area (Å²) >= 11 is 0. The van der Waals surface area contributed by atoms with Gasteiger partial charge in [0.2, 0.25) is 5.69 Å². The Bertz CT molecular complexity index is 1570. The zero-order chi connectivity index (χ0) is 23.8. The van der Waals surface area contributed by atoms with Crippen molar-refractivity contribution < 1.29 is 5.11 Å². The van der Waals surface area contributed by atoms with Crippen LogP contribution in [-0.4, -0.2) is 19.9 Å². The Labute approximate surface area is 198 Å². The van der Waals surface area contributed by atoms with Crippen LogP contribution < -0.4 is 0 Å². The lowest BCUT2D eigenvalue weighted by atomic mass is 9.95. The first kappa shape index (κ1) is 21.4. The van der Waals surface area contributed by atoms with Crippen molar-refractivity contribution in [1.82, 2.24) is 14.8 Å². The number of rotatable bonds is 4. The third-order valence-corrected chi connectivity index (χ3v) is 6.13. The van der Waals surface area contributed by atoms with Crippen LogP contribution in [0.5, 0.6) is 5.75 Å². The van der Waals surface area contributed by atoms with Crippen molar-refractivity contribution in [1.29, 1.82) is 0 Å². The quantitative estimate of drug-likeness (QED) is 0.298. The lowest BCUT2D eigenvalue weighted by molar-refractivity contribution is 0.477. The molecule has 0 radical (unpaired) electrons. The van der Waals surface area contributed by atoms with Crippen LogP contribution in [0.25, 0.3) is 44.0 Å². The van der Waals surface area contributed by atoms with Gasteiger partial charge in [0.05, 0.1) is 23.6 Å². The summed E-state index contributed by atoms with van der Waals surface area (Å²) in [6, 6.07) is 23.4. The van der Waals surface area contributed by atoms with Crippen molar-refractivity contribution >= 4 is 16.7 Å². The van der Waals surface area contributed by atoms with E-state index in [1.165, 1.54) is 5.56 Å². The maximum absolute atomic E-state index is 10.8. The van der Waals surface area contributed by atoms with E-state index in [1.54, 1.807) is 12.1 Å². The van der Waals surface area contributed by atoms with Gasteiger partial charge in [0, 0.05) is 16.5 Å². The van der Waals surface area contributed by atoms with Gasteiger partial charge in [-0.25, -0.2) is 14.5 Å². The van der Waals surface area contributed by atoms with Gasteiger partial charge in [-0.05, 0) is 55.2 Å². The second-order valence-electron chi connectivity index (χ2n) is 8.40. The molecule has 0 amide bonds. The molecule has 166 valence electrons. The molecule has 0 saturated heterocycles. The van der Waals surface area contributed by atoms with E-state index in [2.05, 4.69) is 30.0 Å². The van der Waals surface area contributed by atoms with Crippen LogP contribution in [0.3, 0.4) is 0 Å². The predicted octanol–water partition coefficient (Wildman–Crippen LogP) is 7.19. The fraction of sp³-hybridized carbons (Fsp3) is 0.138. The van der Waals surface area contributed by atoms with Crippen molar-refractivity contribution in [2.45, 2.75) is 27.2 Å². The topological polar surface area (TPSA) is 55.3 Å². The van der Waals surface area contributed by atoms with Crippen LogP contribution in [0.1, 0.15) is 23.7 Å². The number of aryl methyl sites for hydroxylation is 3. The van der Waals surface area contributed by atoms with Gasteiger partial charge >= 0.3 is 0 Å². The average molecular weight is 445 g/mol. The molecule has 5 heteroatoms. The number of hydrogen-bond acceptors (Lipinski definition) is 3. The molecule has 2 heterocycles. The minimum Gasteiger partial charge on any atom is -0.507 e. The van der Waals surface area contributed by atoms with E-state index >= 15 is 0 Å². The summed E-state index contributed by atoms with van der Waals surface area (Å²) in [6.07, 6.45) is 0.935. The van der Waals surface area contributed by atoms with E-state index in [4.69, 9.17) is 16.7 Å². The molecule has 0 spiro atoms. The van der Waals surface area contributed by atoms with Crippen LogP contribution in [0.15, 0.2) is 72.8 Å². The smallest absolute Gasteiger partial charge is 0.221 e. The standard InChI is InChI=1S/C29H24N4O/c1-5-20-13-15-21(16-14-20)27-28(30-4)26(23-11-6-7-12-24(23)34)25-19(3)32-33(29(25)31-27)22-10-8-9-18(2)17-22/h6-17,34H,5H2,1-3H3. The Morgan fingerprint density at radius 3 is 2.41 bits per heavy atom. The van der Waals surface area contributed by atoms with Crippen molar-refractivity contribution in [3.05, 3.63) is 101 Å². The first-order valence-corrected chi connectivity index (χ1v) is 11.3. The minimum atomic E-state index is 0.120. The van der Waals surface area contributed by atoms with E-state index in [9.17, 15) is 5.11 Å². The summed E-state index contributed by atoms with van der Waals surface area (Å²) in [5, 5.41) is 16.4. The molecule has 5 aromatic rings. The third kappa shape index (κ3) is 3.50. The van der Waals surface area contributed by atoms with Crippen LogP contribution in [0, 0.1) is 20.4 Å². The fourth-order valence-electron chi connectivity index (χ4n) is 4.40. The number of hydrogen-bond donors (Lipinski definition) is 1. The summed E-state index contributed by atoms with van der Waals surface area (Å²) in [5.74, 6) is 0.120. The second-order valence-corrected chi connectivity index (χ2v) is 8.40. The Morgan fingerprint density at radius 2 is 1.74 bits per heavy atom. The molecule has 0 aliphatic carbocycles. The molecule has 0 bridgehead atoms. The van der Waals surface area contributed by atoms with E-state index < -0.39 is 0 Å². The van der Waals surface area contributed by atoms with Gasteiger partial charge in [-0.2, -0.15) is 5.10 Å². The van der Waals surface area contributed by atoms with Gasteiger partial charge in [0.15, 0.2) is 5.65 Å².